The second kappa shape index (κ2) is 8.25. The summed E-state index contributed by atoms with van der Waals surface area (Å²) >= 11 is 0. The first-order valence-electron chi connectivity index (χ1n) is 6.54. The van der Waals surface area contributed by atoms with Crippen LogP contribution in [0.1, 0.15) is 32.5 Å². The number of nitrogens with one attached hydrogen (secondary N) is 3. The Hall–Kier alpha value is -1.89. The van der Waals surface area contributed by atoms with Gasteiger partial charge in [-0.15, -0.1) is 0 Å². The van der Waals surface area contributed by atoms with Gasteiger partial charge in [0.05, 0.1) is 0 Å². The number of hydrogen-bond acceptors (Lipinski definition) is 6. The molecule has 1 aromatic heterocycles. The molecule has 0 unspecified atom stereocenters. The van der Waals surface area contributed by atoms with Crippen molar-refractivity contribution in [1.82, 2.24) is 15.3 Å². The Kier molecular flexibility index (Phi) is 6.59. The fourth-order valence-corrected chi connectivity index (χ4v) is 1.48. The normalized spacial score (nSPS) is 10.1. The van der Waals surface area contributed by atoms with E-state index in [1.165, 1.54) is 0 Å². The lowest BCUT2D eigenvalue weighted by atomic mass is 10.3. The summed E-state index contributed by atoms with van der Waals surface area (Å²) in [5, 5.41) is 5.91. The molecule has 0 bridgehead atoms. The summed E-state index contributed by atoms with van der Waals surface area (Å²) in [5.74, 6) is 7.31. The number of nitrogens with two attached hydrogens (primary N) is 1. The highest BCUT2D eigenvalue weighted by Crippen LogP contribution is 2.10. The molecule has 0 saturated heterocycles. The number of nitrogen functional groups attached to an aromatic ring is 1. The van der Waals surface area contributed by atoms with Crippen LogP contribution in [-0.2, 0) is 11.2 Å². The molecule has 0 aliphatic carbocycles. The number of anilines is 2. The lowest BCUT2D eigenvalue weighted by molar-refractivity contribution is -0.120. The molecule has 5 N–H and O–H groups in total. The third kappa shape index (κ3) is 5.52. The maximum atomic E-state index is 11.4. The monoisotopic (exact) mass is 266 g/mol. The van der Waals surface area contributed by atoms with E-state index in [0.717, 1.165) is 12.8 Å². The van der Waals surface area contributed by atoms with E-state index in [-0.39, 0.29) is 5.91 Å². The van der Waals surface area contributed by atoms with Crippen molar-refractivity contribution in [2.24, 2.45) is 5.84 Å². The first-order chi connectivity index (χ1) is 9.19. The number of carbonyl (C=O) groups excluding carboxylic acids is 1. The zero-order valence-electron chi connectivity index (χ0n) is 11.5. The number of hydrazine groups is 1. The SMILES string of the molecule is CCCNC(=O)CCNc1cc(NN)nc(CC)n1. The molecule has 19 heavy (non-hydrogen) atoms. The van der Waals surface area contributed by atoms with Gasteiger partial charge in [-0.05, 0) is 6.42 Å². The Morgan fingerprint density at radius 1 is 1.26 bits per heavy atom. The van der Waals surface area contributed by atoms with Crippen molar-refractivity contribution in [3.8, 4) is 0 Å². The number of aromatic nitrogens is 2. The van der Waals surface area contributed by atoms with Gasteiger partial charge in [-0.2, -0.15) is 0 Å². The van der Waals surface area contributed by atoms with Crippen LogP contribution in [0.2, 0.25) is 0 Å². The van der Waals surface area contributed by atoms with Gasteiger partial charge in [0.1, 0.15) is 17.5 Å². The van der Waals surface area contributed by atoms with Gasteiger partial charge < -0.3 is 16.1 Å². The van der Waals surface area contributed by atoms with Gasteiger partial charge in [-0.25, -0.2) is 15.8 Å². The zero-order valence-corrected chi connectivity index (χ0v) is 11.5. The predicted octanol–water partition coefficient (Wildman–Crippen LogP) is 0.653. The molecular formula is C12H22N6O. The molecule has 0 aliphatic heterocycles. The molecule has 0 aromatic carbocycles. The summed E-state index contributed by atoms with van der Waals surface area (Å²) in [4.78, 5) is 19.9. The largest absolute Gasteiger partial charge is 0.369 e. The molecule has 0 aliphatic rings. The van der Waals surface area contributed by atoms with E-state index in [0.29, 0.717) is 37.0 Å². The Labute approximate surface area is 113 Å². The first kappa shape index (κ1) is 15.2. The third-order valence-corrected chi connectivity index (χ3v) is 2.47. The van der Waals surface area contributed by atoms with Crippen LogP contribution in [0.3, 0.4) is 0 Å². The van der Waals surface area contributed by atoms with Gasteiger partial charge in [0.25, 0.3) is 0 Å². The maximum absolute atomic E-state index is 11.4. The number of amides is 1. The highest BCUT2D eigenvalue weighted by molar-refractivity contribution is 5.76. The van der Waals surface area contributed by atoms with Crippen LogP contribution in [0.5, 0.6) is 0 Å². The fourth-order valence-electron chi connectivity index (χ4n) is 1.48. The van der Waals surface area contributed by atoms with Gasteiger partial charge in [-0.3, -0.25) is 4.79 Å². The van der Waals surface area contributed by atoms with Crippen LogP contribution in [0.15, 0.2) is 6.07 Å². The molecule has 1 amide bonds. The van der Waals surface area contributed by atoms with Crippen LogP contribution < -0.4 is 21.9 Å². The van der Waals surface area contributed by atoms with Crippen molar-refractivity contribution in [3.05, 3.63) is 11.9 Å². The molecule has 1 rings (SSSR count). The molecule has 106 valence electrons. The highest BCUT2D eigenvalue weighted by atomic mass is 16.1. The molecule has 7 heteroatoms. The Bertz CT molecular complexity index is 387. The summed E-state index contributed by atoms with van der Waals surface area (Å²) in [5.41, 5.74) is 2.50. The minimum absolute atomic E-state index is 0.0382. The average Bonchev–Trinajstić information content (AvgIpc) is 2.44. The zero-order chi connectivity index (χ0) is 14.1. The van der Waals surface area contributed by atoms with E-state index in [4.69, 9.17) is 5.84 Å². The number of aryl methyl sites for hydroxylation is 1. The van der Waals surface area contributed by atoms with E-state index in [2.05, 4.69) is 26.0 Å². The van der Waals surface area contributed by atoms with Crippen molar-refractivity contribution in [1.29, 1.82) is 0 Å². The van der Waals surface area contributed by atoms with Gasteiger partial charge in [0, 0.05) is 32.0 Å². The fraction of sp³-hybridized carbons (Fsp3) is 0.583. The van der Waals surface area contributed by atoms with Crippen molar-refractivity contribution in [2.45, 2.75) is 33.1 Å². The highest BCUT2D eigenvalue weighted by Gasteiger charge is 2.04. The Balaban J connectivity index is 2.46. The van der Waals surface area contributed by atoms with Gasteiger partial charge >= 0.3 is 0 Å². The standard InChI is InChI=1S/C12H22N6O/c1-3-6-15-12(19)5-7-14-10-8-11(18-13)17-9(4-2)16-10/h8H,3-7,13H2,1-2H3,(H,15,19)(H2,14,16,17,18). The van der Waals surface area contributed by atoms with E-state index < -0.39 is 0 Å². The number of hydrogen-bond donors (Lipinski definition) is 4. The maximum Gasteiger partial charge on any atom is 0.221 e. The lowest BCUT2D eigenvalue weighted by Crippen LogP contribution is -2.26. The van der Waals surface area contributed by atoms with Gasteiger partial charge in [0.15, 0.2) is 0 Å². The van der Waals surface area contributed by atoms with E-state index in [1.807, 2.05) is 13.8 Å². The van der Waals surface area contributed by atoms with Gasteiger partial charge in [-0.1, -0.05) is 13.8 Å². The second-order valence-corrected chi connectivity index (χ2v) is 4.08. The summed E-state index contributed by atoms with van der Waals surface area (Å²) in [6.07, 6.45) is 2.08. The van der Waals surface area contributed by atoms with Crippen molar-refractivity contribution in [3.63, 3.8) is 0 Å². The summed E-state index contributed by atoms with van der Waals surface area (Å²) < 4.78 is 0. The first-order valence-corrected chi connectivity index (χ1v) is 6.54. The Morgan fingerprint density at radius 2 is 2.00 bits per heavy atom. The summed E-state index contributed by atoms with van der Waals surface area (Å²) in [6.45, 7) is 5.23. The molecule has 1 aromatic rings. The minimum atomic E-state index is 0.0382. The van der Waals surface area contributed by atoms with E-state index >= 15 is 0 Å². The smallest absolute Gasteiger partial charge is 0.221 e. The minimum Gasteiger partial charge on any atom is -0.369 e. The van der Waals surface area contributed by atoms with Crippen molar-refractivity contribution < 1.29 is 4.79 Å². The summed E-state index contributed by atoms with van der Waals surface area (Å²) in [6, 6.07) is 1.71. The molecular weight excluding hydrogens is 244 g/mol. The molecule has 7 nitrogen and oxygen atoms in total. The van der Waals surface area contributed by atoms with Crippen LogP contribution >= 0.6 is 0 Å². The van der Waals surface area contributed by atoms with Crippen LogP contribution in [0.4, 0.5) is 11.6 Å². The van der Waals surface area contributed by atoms with Crippen molar-refractivity contribution in [2.75, 3.05) is 23.8 Å². The lowest BCUT2D eigenvalue weighted by Gasteiger charge is -2.09. The van der Waals surface area contributed by atoms with Crippen LogP contribution in [0.25, 0.3) is 0 Å². The third-order valence-electron chi connectivity index (χ3n) is 2.47. The van der Waals surface area contributed by atoms with E-state index in [9.17, 15) is 4.79 Å². The van der Waals surface area contributed by atoms with Crippen LogP contribution in [0, 0.1) is 0 Å². The number of rotatable bonds is 8. The van der Waals surface area contributed by atoms with Crippen molar-refractivity contribution >= 4 is 17.5 Å². The molecule has 1 heterocycles. The topological polar surface area (TPSA) is 105 Å². The predicted molar refractivity (Wildman–Crippen MR) is 75.6 cm³/mol. The molecule has 0 atom stereocenters. The van der Waals surface area contributed by atoms with Gasteiger partial charge in [0.2, 0.25) is 5.91 Å². The van der Waals surface area contributed by atoms with E-state index in [1.54, 1.807) is 6.07 Å². The summed E-state index contributed by atoms with van der Waals surface area (Å²) in [7, 11) is 0. The average molecular weight is 266 g/mol. The molecule has 0 saturated carbocycles. The number of nitrogens with zero attached hydrogens (tertiary/aromatic N) is 2. The number of carbonyl (C=O) groups is 1. The molecule has 0 fully saturated rings. The molecule has 0 spiro atoms. The second-order valence-electron chi connectivity index (χ2n) is 4.08. The Morgan fingerprint density at radius 3 is 2.63 bits per heavy atom. The quantitative estimate of drug-likeness (QED) is 0.407. The van der Waals surface area contributed by atoms with Crippen LogP contribution in [-0.4, -0.2) is 29.0 Å². The molecule has 0 radical (unpaired) electrons.